The van der Waals surface area contributed by atoms with E-state index >= 15 is 0 Å². The van der Waals surface area contributed by atoms with Crippen LogP contribution in [-0.4, -0.2) is 12.1 Å². The Labute approximate surface area is 72.3 Å². The lowest BCUT2D eigenvalue weighted by molar-refractivity contribution is 0.397. The first kappa shape index (κ1) is 7.82. The molecular weight excluding hydrogens is 217 g/mol. The van der Waals surface area contributed by atoms with Crippen molar-refractivity contribution in [3.63, 3.8) is 0 Å². The molecule has 0 saturated carbocycles. The monoisotopic (exact) mass is 221 g/mol. The molecule has 0 aliphatic heterocycles. The first-order valence-electron chi connectivity index (χ1n) is 2.59. The van der Waals surface area contributed by atoms with Gasteiger partial charge in [-0.15, -0.1) is 0 Å². The summed E-state index contributed by atoms with van der Waals surface area (Å²) in [4.78, 5) is 3.87. The quantitative estimate of drug-likeness (QED) is 0.681. The fourth-order valence-electron chi connectivity index (χ4n) is 0.548. The molecule has 1 heterocycles. The van der Waals surface area contributed by atoms with E-state index in [-0.39, 0.29) is 0 Å². The molecule has 0 aliphatic rings. The maximum Gasteiger partial charge on any atom is 0.215 e. The fraction of sp³-hybridized carbons (Fsp3) is 0.167. The summed E-state index contributed by atoms with van der Waals surface area (Å²) in [5, 5.41) is 0.422. The second kappa shape index (κ2) is 3.21. The Morgan fingerprint density at radius 1 is 1.60 bits per heavy atom. The van der Waals surface area contributed by atoms with E-state index in [1.54, 1.807) is 19.2 Å². The van der Waals surface area contributed by atoms with Gasteiger partial charge in [0.25, 0.3) is 0 Å². The maximum absolute atomic E-state index is 5.61. The highest BCUT2D eigenvalue weighted by molar-refractivity contribution is 9.10. The van der Waals surface area contributed by atoms with Crippen LogP contribution in [-0.2, 0) is 0 Å². The fourth-order valence-corrected chi connectivity index (χ4v) is 1.29. The number of ether oxygens (including phenoxy) is 1. The minimum absolute atomic E-state index is 0.422. The lowest BCUT2D eigenvalue weighted by Gasteiger charge is -1.98. The van der Waals surface area contributed by atoms with Gasteiger partial charge in [-0.25, -0.2) is 4.98 Å². The molecule has 1 aromatic heterocycles. The molecule has 10 heavy (non-hydrogen) atoms. The van der Waals surface area contributed by atoms with Crippen LogP contribution in [0, 0.1) is 0 Å². The average Bonchev–Trinajstić information content (AvgIpc) is 1.85. The molecule has 0 fully saturated rings. The van der Waals surface area contributed by atoms with Crippen molar-refractivity contribution in [1.29, 1.82) is 0 Å². The minimum atomic E-state index is 0.422. The highest BCUT2D eigenvalue weighted by Gasteiger charge is 1.96. The zero-order chi connectivity index (χ0) is 7.56. The van der Waals surface area contributed by atoms with E-state index in [2.05, 4.69) is 20.9 Å². The number of methoxy groups -OCH3 is 1. The number of hydrogen-bond donors (Lipinski definition) is 0. The van der Waals surface area contributed by atoms with E-state index in [4.69, 9.17) is 16.3 Å². The topological polar surface area (TPSA) is 22.1 Å². The summed E-state index contributed by atoms with van der Waals surface area (Å²) in [6.45, 7) is 0. The Balaban J connectivity index is 3.06. The molecule has 1 aromatic rings. The average molecular weight is 222 g/mol. The van der Waals surface area contributed by atoms with Crippen LogP contribution in [0.5, 0.6) is 5.88 Å². The molecule has 0 saturated heterocycles. The van der Waals surface area contributed by atoms with Crippen molar-refractivity contribution in [2.75, 3.05) is 7.11 Å². The molecule has 0 spiro atoms. The third kappa shape index (κ3) is 1.85. The van der Waals surface area contributed by atoms with Gasteiger partial charge in [0, 0.05) is 10.5 Å². The first-order chi connectivity index (χ1) is 4.72. The predicted molar refractivity (Wildman–Crippen MR) is 43.5 cm³/mol. The number of nitrogens with zero attached hydrogens (tertiary/aromatic N) is 1. The van der Waals surface area contributed by atoms with Crippen molar-refractivity contribution in [3.05, 3.63) is 21.8 Å². The van der Waals surface area contributed by atoms with Gasteiger partial charge in [0.1, 0.15) is 5.15 Å². The molecule has 0 aliphatic carbocycles. The maximum atomic E-state index is 5.61. The summed E-state index contributed by atoms with van der Waals surface area (Å²) in [6.07, 6.45) is 0. The number of rotatable bonds is 1. The normalized spacial score (nSPS) is 9.50. The molecule has 0 aromatic carbocycles. The van der Waals surface area contributed by atoms with Gasteiger partial charge in [0.15, 0.2) is 0 Å². The smallest absolute Gasteiger partial charge is 0.215 e. The summed E-state index contributed by atoms with van der Waals surface area (Å²) in [5.41, 5.74) is 0. The highest BCUT2D eigenvalue weighted by atomic mass is 79.9. The highest BCUT2D eigenvalue weighted by Crippen LogP contribution is 2.19. The van der Waals surface area contributed by atoms with Crippen LogP contribution in [0.1, 0.15) is 0 Å². The second-order valence-corrected chi connectivity index (χ2v) is 2.95. The SMILES string of the molecule is COc1cc(Br)cc(Cl)n1. The molecule has 2 nitrogen and oxygen atoms in total. The van der Waals surface area contributed by atoms with E-state index in [1.807, 2.05) is 0 Å². The summed E-state index contributed by atoms with van der Waals surface area (Å²) < 4.78 is 5.72. The van der Waals surface area contributed by atoms with Gasteiger partial charge in [-0.2, -0.15) is 0 Å². The largest absolute Gasteiger partial charge is 0.481 e. The zero-order valence-electron chi connectivity index (χ0n) is 5.27. The molecular formula is C6H5BrClNO. The second-order valence-electron chi connectivity index (χ2n) is 1.65. The Hall–Kier alpha value is -0.280. The van der Waals surface area contributed by atoms with Gasteiger partial charge >= 0.3 is 0 Å². The minimum Gasteiger partial charge on any atom is -0.481 e. The molecule has 0 unspecified atom stereocenters. The van der Waals surface area contributed by atoms with E-state index in [0.29, 0.717) is 11.0 Å². The number of pyridine rings is 1. The third-order valence-electron chi connectivity index (χ3n) is 0.944. The van der Waals surface area contributed by atoms with Gasteiger partial charge in [-0.1, -0.05) is 27.5 Å². The lowest BCUT2D eigenvalue weighted by atomic mass is 10.5. The van der Waals surface area contributed by atoms with E-state index in [9.17, 15) is 0 Å². The van der Waals surface area contributed by atoms with Gasteiger partial charge in [0.05, 0.1) is 7.11 Å². The van der Waals surface area contributed by atoms with Gasteiger partial charge in [0.2, 0.25) is 5.88 Å². The molecule has 0 N–H and O–H groups in total. The van der Waals surface area contributed by atoms with Crippen LogP contribution in [0.15, 0.2) is 16.6 Å². The zero-order valence-corrected chi connectivity index (χ0v) is 7.61. The van der Waals surface area contributed by atoms with Gasteiger partial charge < -0.3 is 4.74 Å². The van der Waals surface area contributed by atoms with E-state index in [1.165, 1.54) is 0 Å². The molecule has 1 rings (SSSR count). The Bertz CT molecular complexity index is 221. The Morgan fingerprint density at radius 2 is 2.30 bits per heavy atom. The van der Waals surface area contributed by atoms with Crippen LogP contribution in [0.4, 0.5) is 0 Å². The molecule has 4 heteroatoms. The van der Waals surface area contributed by atoms with E-state index in [0.717, 1.165) is 4.47 Å². The predicted octanol–water partition coefficient (Wildman–Crippen LogP) is 2.51. The van der Waals surface area contributed by atoms with Crippen molar-refractivity contribution in [2.24, 2.45) is 0 Å². The Morgan fingerprint density at radius 3 is 2.80 bits per heavy atom. The number of halogens is 2. The summed E-state index contributed by atoms with van der Waals surface area (Å²) >= 11 is 8.86. The van der Waals surface area contributed by atoms with Gasteiger partial charge in [-0.3, -0.25) is 0 Å². The van der Waals surface area contributed by atoms with Crippen molar-refractivity contribution in [3.8, 4) is 5.88 Å². The first-order valence-corrected chi connectivity index (χ1v) is 3.76. The molecule has 54 valence electrons. The molecule has 0 amide bonds. The third-order valence-corrected chi connectivity index (χ3v) is 1.60. The molecule has 0 bridgehead atoms. The van der Waals surface area contributed by atoms with Crippen LogP contribution in [0.3, 0.4) is 0 Å². The number of aromatic nitrogens is 1. The molecule has 0 radical (unpaired) electrons. The lowest BCUT2D eigenvalue weighted by Crippen LogP contribution is -1.86. The summed E-state index contributed by atoms with van der Waals surface area (Å²) in [5.74, 6) is 0.513. The van der Waals surface area contributed by atoms with Crippen LogP contribution in [0.2, 0.25) is 5.15 Å². The molecule has 0 atom stereocenters. The standard InChI is InChI=1S/C6H5BrClNO/c1-10-6-3-4(7)2-5(8)9-6/h2-3H,1H3. The van der Waals surface area contributed by atoms with E-state index < -0.39 is 0 Å². The summed E-state index contributed by atoms with van der Waals surface area (Å²) in [6, 6.07) is 3.44. The van der Waals surface area contributed by atoms with Crippen molar-refractivity contribution < 1.29 is 4.74 Å². The summed E-state index contributed by atoms with van der Waals surface area (Å²) in [7, 11) is 1.55. The number of hydrogen-bond acceptors (Lipinski definition) is 2. The van der Waals surface area contributed by atoms with Crippen molar-refractivity contribution >= 4 is 27.5 Å². The van der Waals surface area contributed by atoms with Crippen molar-refractivity contribution in [2.45, 2.75) is 0 Å². The van der Waals surface area contributed by atoms with Gasteiger partial charge in [-0.05, 0) is 6.07 Å². The van der Waals surface area contributed by atoms with Crippen molar-refractivity contribution in [1.82, 2.24) is 4.98 Å². The van der Waals surface area contributed by atoms with Crippen LogP contribution in [0.25, 0.3) is 0 Å². The van der Waals surface area contributed by atoms with Crippen LogP contribution >= 0.6 is 27.5 Å². The Kier molecular flexibility index (Phi) is 2.51. The van der Waals surface area contributed by atoms with Crippen LogP contribution < -0.4 is 4.74 Å².